The highest BCUT2D eigenvalue weighted by Crippen LogP contribution is 2.34. The molecule has 57 heavy (non-hydrogen) atoms. The van der Waals surface area contributed by atoms with E-state index in [2.05, 4.69) is 39.6 Å². The van der Waals surface area contributed by atoms with Crippen molar-refractivity contribution in [3.63, 3.8) is 0 Å². The van der Waals surface area contributed by atoms with Gasteiger partial charge >= 0.3 is 0 Å². The second kappa shape index (κ2) is 27.2. The van der Waals surface area contributed by atoms with Gasteiger partial charge < -0.3 is 50.5 Å². The highest BCUT2D eigenvalue weighted by atomic mass is 16.5. The maximum atomic E-state index is 11.9. The summed E-state index contributed by atoms with van der Waals surface area (Å²) in [6, 6.07) is 19.6. The van der Waals surface area contributed by atoms with Crippen molar-refractivity contribution in [3.8, 4) is 29.1 Å². The van der Waals surface area contributed by atoms with Gasteiger partial charge in [-0.15, -0.1) is 0 Å². The molecule has 3 aromatic rings. The first-order valence-electron chi connectivity index (χ1n) is 18.1. The molecule has 5 N–H and O–H groups in total. The summed E-state index contributed by atoms with van der Waals surface area (Å²) in [4.78, 5) is 68.3. The van der Waals surface area contributed by atoms with E-state index in [0.717, 1.165) is 21.8 Å². The molecule has 0 radical (unpaired) electrons. The minimum absolute atomic E-state index is 0.0135. The van der Waals surface area contributed by atoms with Crippen molar-refractivity contribution < 1.29 is 43.0 Å². The minimum Gasteiger partial charge on any atom is -0.497 e. The van der Waals surface area contributed by atoms with Crippen molar-refractivity contribution >= 4 is 36.3 Å². The van der Waals surface area contributed by atoms with Crippen molar-refractivity contribution in [2.45, 2.75) is 52.1 Å². The molecule has 16 nitrogen and oxygen atoms in total. The number of hydrogen-bond acceptors (Lipinski definition) is 11. The zero-order chi connectivity index (χ0) is 42.8. The Balaban J connectivity index is 0.000000447. The predicted octanol–water partition coefficient (Wildman–Crippen LogP) is 2.20. The lowest BCUT2D eigenvalue weighted by atomic mass is 10.0. The van der Waals surface area contributed by atoms with Crippen LogP contribution in [0.5, 0.6) is 23.0 Å². The van der Waals surface area contributed by atoms with E-state index in [-0.39, 0.29) is 19.0 Å². The van der Waals surface area contributed by atoms with E-state index >= 15 is 0 Å². The fraction of sp³-hybridized carbons (Fsp3) is 0.390. The summed E-state index contributed by atoms with van der Waals surface area (Å²) in [5, 5.41) is 22.0. The number of amides is 5. The molecular formula is C41H55N7O9. The second-order valence-corrected chi connectivity index (χ2v) is 12.5. The first-order chi connectivity index (χ1) is 27.3. The van der Waals surface area contributed by atoms with Gasteiger partial charge in [0.25, 0.3) is 0 Å². The number of rotatable bonds is 11. The van der Waals surface area contributed by atoms with Gasteiger partial charge in [-0.05, 0) is 89.2 Å². The van der Waals surface area contributed by atoms with Crippen LogP contribution >= 0.6 is 0 Å². The molecule has 2 heterocycles. The lowest BCUT2D eigenvalue weighted by Gasteiger charge is -2.22. The molecule has 2 aliphatic heterocycles. The topological polar surface area (TPSA) is 217 Å². The molecule has 5 rings (SSSR count). The molecule has 1 unspecified atom stereocenters. The van der Waals surface area contributed by atoms with E-state index in [4.69, 9.17) is 14.2 Å². The highest BCUT2D eigenvalue weighted by Gasteiger charge is 2.23. The maximum Gasteiger partial charge on any atom is 0.245 e. The SMILES string of the molecule is CC(NC=O)C(=O)N[C@@H](C)C(=O)N(C)CC(=O)NCC=O.CNC.COc1cc(C#N)c2cc1Oc1ccc(cc1)CCC(=O)NCC2.COc1ccc(C)cc1. The molecule has 0 aromatic heterocycles. The summed E-state index contributed by atoms with van der Waals surface area (Å²) in [6.07, 6.45) is 2.61. The van der Waals surface area contributed by atoms with E-state index in [1.165, 1.54) is 26.5 Å². The van der Waals surface area contributed by atoms with Crippen molar-refractivity contribution in [2.24, 2.45) is 0 Å². The largest absolute Gasteiger partial charge is 0.497 e. The van der Waals surface area contributed by atoms with Crippen molar-refractivity contribution in [2.75, 3.05) is 55.0 Å². The lowest BCUT2D eigenvalue weighted by Crippen LogP contribution is -2.52. The molecule has 5 amide bonds. The van der Waals surface area contributed by atoms with Gasteiger partial charge in [0, 0.05) is 26.1 Å². The first kappa shape index (κ1) is 48.5. The third-order valence-corrected chi connectivity index (χ3v) is 7.86. The van der Waals surface area contributed by atoms with Gasteiger partial charge in [0.05, 0.1) is 38.9 Å². The number of nitrogens with one attached hydrogen (secondary N) is 5. The van der Waals surface area contributed by atoms with Gasteiger partial charge in [-0.3, -0.25) is 24.0 Å². The van der Waals surface area contributed by atoms with Crippen LogP contribution in [0.4, 0.5) is 0 Å². The Bertz CT molecular complexity index is 1780. The molecule has 3 aromatic carbocycles. The number of carbonyl (C=O) groups is 6. The van der Waals surface area contributed by atoms with Crippen molar-refractivity contribution in [1.29, 1.82) is 5.26 Å². The van der Waals surface area contributed by atoms with Crippen LogP contribution < -0.4 is 40.8 Å². The molecule has 4 bridgehead atoms. The number of likely N-dealkylation sites (N-methyl/N-ethyl adjacent to an activating group) is 1. The van der Waals surface area contributed by atoms with Crippen molar-refractivity contribution in [3.05, 3.63) is 82.9 Å². The predicted molar refractivity (Wildman–Crippen MR) is 215 cm³/mol. The van der Waals surface area contributed by atoms with Crippen LogP contribution in [0.15, 0.2) is 60.7 Å². The fourth-order valence-electron chi connectivity index (χ4n) is 4.77. The minimum atomic E-state index is -0.850. The number of benzene rings is 3. The van der Waals surface area contributed by atoms with Gasteiger partial charge in [0.2, 0.25) is 30.0 Å². The third-order valence-electron chi connectivity index (χ3n) is 7.86. The summed E-state index contributed by atoms with van der Waals surface area (Å²) in [6.45, 7) is 5.12. The number of aldehydes is 1. The Hall–Kier alpha value is -6.47. The Morgan fingerprint density at radius 1 is 0.965 bits per heavy atom. The van der Waals surface area contributed by atoms with Crippen molar-refractivity contribution in [1.82, 2.24) is 31.5 Å². The summed E-state index contributed by atoms with van der Waals surface area (Å²) < 4.78 is 16.3. The van der Waals surface area contributed by atoms with Gasteiger partial charge in [0.15, 0.2) is 11.5 Å². The van der Waals surface area contributed by atoms with Crippen LogP contribution in [-0.2, 0) is 41.6 Å². The van der Waals surface area contributed by atoms with Gasteiger partial charge in [-0.1, -0.05) is 29.8 Å². The fourth-order valence-corrected chi connectivity index (χ4v) is 4.77. The number of carbonyl (C=O) groups excluding carboxylic acids is 6. The van der Waals surface area contributed by atoms with Crippen LogP contribution in [-0.4, -0.2) is 108 Å². The molecule has 0 fully saturated rings. The molecule has 308 valence electrons. The average molecular weight is 790 g/mol. The van der Waals surface area contributed by atoms with Crippen LogP contribution in [0, 0.1) is 18.3 Å². The molecule has 0 aliphatic carbocycles. The Kier molecular flexibility index (Phi) is 23.1. The second-order valence-electron chi connectivity index (χ2n) is 12.5. The molecule has 2 aliphatic rings. The monoisotopic (exact) mass is 789 g/mol. The van der Waals surface area contributed by atoms with Crippen LogP contribution in [0.1, 0.15) is 42.5 Å². The molecule has 0 saturated heterocycles. The Morgan fingerprint density at radius 3 is 2.18 bits per heavy atom. The van der Waals surface area contributed by atoms with Crippen LogP contribution in [0.3, 0.4) is 0 Å². The number of fused-ring (bicyclic) bond motifs is 7. The molecule has 16 heteroatoms. The number of ether oxygens (including phenoxy) is 3. The molecule has 2 atom stereocenters. The summed E-state index contributed by atoms with van der Waals surface area (Å²) in [5.41, 5.74) is 3.69. The first-order valence-corrected chi connectivity index (χ1v) is 18.1. The quantitative estimate of drug-likeness (QED) is 0.178. The average Bonchev–Trinajstić information content (AvgIpc) is 3.20. The van der Waals surface area contributed by atoms with Gasteiger partial charge in [-0.2, -0.15) is 5.26 Å². The molecule has 0 saturated carbocycles. The van der Waals surface area contributed by atoms with E-state index in [9.17, 15) is 34.0 Å². The lowest BCUT2D eigenvalue weighted by molar-refractivity contribution is -0.138. The summed E-state index contributed by atoms with van der Waals surface area (Å²) in [7, 11) is 8.37. The van der Waals surface area contributed by atoms with Gasteiger partial charge in [-0.25, -0.2) is 0 Å². The van der Waals surface area contributed by atoms with E-state index < -0.39 is 29.8 Å². The van der Waals surface area contributed by atoms with Crippen LogP contribution in [0.25, 0.3) is 0 Å². The van der Waals surface area contributed by atoms with E-state index in [1.54, 1.807) is 20.3 Å². The zero-order valence-electron chi connectivity index (χ0n) is 33.9. The Morgan fingerprint density at radius 2 is 1.61 bits per heavy atom. The molecular weight excluding hydrogens is 734 g/mol. The summed E-state index contributed by atoms with van der Waals surface area (Å²) in [5.74, 6) is 1.23. The number of aryl methyl sites for hydroxylation is 2. The number of hydrogen-bond donors (Lipinski definition) is 5. The van der Waals surface area contributed by atoms with E-state index in [0.29, 0.717) is 61.3 Å². The number of nitrogens with zero attached hydrogens (tertiary/aromatic N) is 2. The standard InChI is InChI=1S/C19H18N2O3.C12H20N4O5.C8H10O.C2H7N/c1-23-17-11-15(12-20)14-8-9-21-19(22)7-4-13-2-5-16(6-3-13)24-18(17)10-14;1-8(14-7-18)11(20)15-9(2)12(21)16(3)6-10(19)13-4-5-17;1-7-3-5-8(9-2)6-4-7;1-3-2/h2-3,5-6,10-11H,4,7-9H2,1H3,(H,21,22);5,7-9H,4,6H2,1-3H3,(H,13,19)(H,14,18)(H,15,20);3-6H,1-2H3;3H,1-2H3/t;8?,9-;;/m.0../s1. The van der Waals surface area contributed by atoms with Gasteiger partial charge in [0.1, 0.15) is 29.9 Å². The smallest absolute Gasteiger partial charge is 0.245 e. The normalized spacial score (nSPS) is 12.3. The highest BCUT2D eigenvalue weighted by molar-refractivity contribution is 5.92. The zero-order valence-corrected chi connectivity index (χ0v) is 33.9. The molecule has 0 spiro atoms. The van der Waals surface area contributed by atoms with Crippen LogP contribution in [0.2, 0.25) is 0 Å². The number of nitriles is 1. The summed E-state index contributed by atoms with van der Waals surface area (Å²) >= 11 is 0. The third kappa shape index (κ3) is 18.6. The Labute approximate surface area is 334 Å². The van der Waals surface area contributed by atoms with E-state index in [1.807, 2.05) is 68.7 Å². The number of methoxy groups -OCH3 is 2. The maximum absolute atomic E-state index is 11.9.